The molecule has 0 saturated heterocycles. The van der Waals surface area contributed by atoms with Crippen molar-refractivity contribution in [3.8, 4) is 0 Å². The van der Waals surface area contributed by atoms with Crippen LogP contribution in [0.5, 0.6) is 0 Å². The highest BCUT2D eigenvalue weighted by molar-refractivity contribution is 5.67. The fourth-order valence-electron chi connectivity index (χ4n) is 10.4. The van der Waals surface area contributed by atoms with Gasteiger partial charge in [0.1, 0.15) is 6.10 Å². The summed E-state index contributed by atoms with van der Waals surface area (Å²) in [6, 6.07) is 0.328. The van der Waals surface area contributed by atoms with Crippen LogP contribution < -0.4 is 5.32 Å². The van der Waals surface area contributed by atoms with Crippen LogP contribution in [0.15, 0.2) is 11.6 Å². The van der Waals surface area contributed by atoms with Crippen LogP contribution in [-0.4, -0.2) is 18.2 Å². The largest absolute Gasteiger partial charge is 0.446 e. The molecule has 0 heterocycles. The van der Waals surface area contributed by atoms with Gasteiger partial charge in [-0.2, -0.15) is 0 Å². The van der Waals surface area contributed by atoms with Crippen LogP contribution in [0.2, 0.25) is 0 Å². The highest BCUT2D eigenvalue weighted by Gasteiger charge is 2.59. The zero-order chi connectivity index (χ0) is 26.2. The first-order chi connectivity index (χ1) is 17.7. The second-order valence-corrected chi connectivity index (χ2v) is 15.0. The van der Waals surface area contributed by atoms with E-state index in [1.165, 1.54) is 77.0 Å². The molecular weight excluding hydrogens is 454 g/mol. The van der Waals surface area contributed by atoms with Gasteiger partial charge in [0.15, 0.2) is 0 Å². The molecule has 5 aliphatic carbocycles. The molecule has 37 heavy (non-hydrogen) atoms. The van der Waals surface area contributed by atoms with E-state index in [1.54, 1.807) is 5.57 Å². The van der Waals surface area contributed by atoms with Crippen molar-refractivity contribution in [2.45, 2.75) is 149 Å². The Morgan fingerprint density at radius 3 is 2.51 bits per heavy atom. The quantitative estimate of drug-likeness (QED) is 0.346. The molecule has 4 saturated carbocycles. The molecular formula is C34H57NO2. The van der Waals surface area contributed by atoms with Crippen molar-refractivity contribution in [3.63, 3.8) is 0 Å². The molecule has 0 aromatic carbocycles. The molecule has 5 aliphatic rings. The Morgan fingerprint density at radius 2 is 1.76 bits per heavy atom. The lowest BCUT2D eigenvalue weighted by molar-refractivity contribution is -0.0582. The molecule has 4 fully saturated rings. The lowest BCUT2D eigenvalue weighted by atomic mass is 9.47. The lowest BCUT2D eigenvalue weighted by Gasteiger charge is -2.58. The number of carbonyl (C=O) groups excluding carboxylic acids is 1. The molecule has 1 amide bonds. The molecule has 3 nitrogen and oxygen atoms in total. The summed E-state index contributed by atoms with van der Waals surface area (Å²) in [5.74, 6) is 5.25. The summed E-state index contributed by atoms with van der Waals surface area (Å²) in [6.45, 7) is 12.6. The maximum absolute atomic E-state index is 12.6. The maximum atomic E-state index is 12.6. The first kappa shape index (κ1) is 27.6. The van der Waals surface area contributed by atoms with Crippen LogP contribution in [-0.2, 0) is 4.74 Å². The molecule has 5 rings (SSSR count). The van der Waals surface area contributed by atoms with E-state index >= 15 is 0 Å². The predicted molar refractivity (Wildman–Crippen MR) is 153 cm³/mol. The summed E-state index contributed by atoms with van der Waals surface area (Å²) < 4.78 is 6.01. The zero-order valence-electron chi connectivity index (χ0n) is 24.8. The highest BCUT2D eigenvalue weighted by atomic mass is 16.6. The van der Waals surface area contributed by atoms with Crippen molar-refractivity contribution in [1.82, 2.24) is 5.32 Å². The van der Waals surface area contributed by atoms with E-state index in [1.807, 2.05) is 0 Å². The number of hydrogen-bond donors (Lipinski definition) is 1. The molecule has 0 unspecified atom stereocenters. The summed E-state index contributed by atoms with van der Waals surface area (Å²) in [4.78, 5) is 12.6. The van der Waals surface area contributed by atoms with Crippen LogP contribution in [0, 0.1) is 46.3 Å². The standard InChI is InChI=1S/C34H57NO2/c1-23(2)10-9-11-24(3)29-16-17-30-28-15-14-25-22-27(37-32(36)35-26-12-7-6-8-13-26)18-20-33(25,4)31(28)19-21-34(29,30)5/h14,23-24,26-31H,6-13,15-22H2,1-5H3,(H,35,36)/t24-,27+,28-,29+,30-,31-,33+,34+/m1/s1. The van der Waals surface area contributed by atoms with E-state index in [4.69, 9.17) is 4.74 Å². The maximum Gasteiger partial charge on any atom is 0.407 e. The third kappa shape index (κ3) is 5.54. The molecule has 0 aromatic rings. The van der Waals surface area contributed by atoms with Gasteiger partial charge in [0.25, 0.3) is 0 Å². The van der Waals surface area contributed by atoms with Gasteiger partial charge >= 0.3 is 6.09 Å². The third-order valence-electron chi connectivity index (χ3n) is 12.5. The normalized spacial score (nSPS) is 40.8. The van der Waals surface area contributed by atoms with Crippen molar-refractivity contribution in [1.29, 1.82) is 0 Å². The first-order valence-corrected chi connectivity index (χ1v) is 16.4. The van der Waals surface area contributed by atoms with Gasteiger partial charge in [-0.25, -0.2) is 4.79 Å². The number of nitrogens with one attached hydrogen (secondary N) is 1. The van der Waals surface area contributed by atoms with Crippen LogP contribution >= 0.6 is 0 Å². The molecule has 1 N–H and O–H groups in total. The van der Waals surface area contributed by atoms with Crippen molar-refractivity contribution in [3.05, 3.63) is 11.6 Å². The summed E-state index contributed by atoms with van der Waals surface area (Å²) in [5.41, 5.74) is 2.50. The molecule has 0 aliphatic heterocycles. The van der Waals surface area contributed by atoms with E-state index in [9.17, 15) is 4.79 Å². The van der Waals surface area contributed by atoms with Gasteiger partial charge in [-0.3, -0.25) is 0 Å². The average molecular weight is 512 g/mol. The number of rotatable bonds is 7. The summed E-state index contributed by atoms with van der Waals surface area (Å²) in [7, 11) is 0. The number of amides is 1. The van der Waals surface area contributed by atoms with E-state index in [-0.39, 0.29) is 12.2 Å². The smallest absolute Gasteiger partial charge is 0.407 e. The number of allylic oxidation sites excluding steroid dienone is 1. The van der Waals surface area contributed by atoms with Crippen molar-refractivity contribution >= 4 is 6.09 Å². The van der Waals surface area contributed by atoms with Crippen molar-refractivity contribution in [2.75, 3.05) is 0 Å². The molecule has 0 spiro atoms. The summed E-state index contributed by atoms with van der Waals surface area (Å²) in [6.07, 6.45) is 23.0. The molecule has 0 bridgehead atoms. The van der Waals surface area contributed by atoms with Gasteiger partial charge in [-0.1, -0.05) is 84.8 Å². The molecule has 210 valence electrons. The van der Waals surface area contributed by atoms with Crippen LogP contribution in [0.1, 0.15) is 137 Å². The minimum atomic E-state index is -0.164. The van der Waals surface area contributed by atoms with Gasteiger partial charge in [0, 0.05) is 12.5 Å². The second kappa shape index (κ2) is 11.2. The number of hydrogen-bond acceptors (Lipinski definition) is 2. The fourth-order valence-corrected chi connectivity index (χ4v) is 10.4. The number of fused-ring (bicyclic) bond motifs is 5. The Labute approximate surface area is 228 Å². The van der Waals surface area contributed by atoms with E-state index < -0.39 is 0 Å². The summed E-state index contributed by atoms with van der Waals surface area (Å²) >= 11 is 0. The second-order valence-electron chi connectivity index (χ2n) is 15.0. The van der Waals surface area contributed by atoms with E-state index in [0.717, 1.165) is 61.2 Å². The molecule has 0 aromatic heterocycles. The molecule has 3 heteroatoms. The Balaban J connectivity index is 1.20. The van der Waals surface area contributed by atoms with Gasteiger partial charge < -0.3 is 10.1 Å². The highest BCUT2D eigenvalue weighted by Crippen LogP contribution is 2.67. The first-order valence-electron chi connectivity index (χ1n) is 16.4. The predicted octanol–water partition coefficient (Wildman–Crippen LogP) is 9.46. The van der Waals surface area contributed by atoms with E-state index in [0.29, 0.717) is 16.9 Å². The Bertz CT molecular complexity index is 828. The Hall–Kier alpha value is -0.990. The Kier molecular flexibility index (Phi) is 8.38. The van der Waals surface area contributed by atoms with Gasteiger partial charge in [-0.05, 0) is 104 Å². The van der Waals surface area contributed by atoms with Gasteiger partial charge in [-0.15, -0.1) is 0 Å². The minimum absolute atomic E-state index is 0.0656. The van der Waals surface area contributed by atoms with Crippen LogP contribution in [0.25, 0.3) is 0 Å². The van der Waals surface area contributed by atoms with Crippen LogP contribution in [0.4, 0.5) is 4.79 Å². The monoisotopic (exact) mass is 511 g/mol. The van der Waals surface area contributed by atoms with Gasteiger partial charge in [0.05, 0.1) is 0 Å². The van der Waals surface area contributed by atoms with Gasteiger partial charge in [0.2, 0.25) is 0 Å². The fraction of sp³-hybridized carbons (Fsp3) is 0.912. The third-order valence-corrected chi connectivity index (χ3v) is 12.5. The molecule has 0 radical (unpaired) electrons. The minimum Gasteiger partial charge on any atom is -0.446 e. The molecule has 8 atom stereocenters. The number of alkyl carbamates (subject to hydrolysis) is 1. The van der Waals surface area contributed by atoms with Crippen molar-refractivity contribution in [2.24, 2.45) is 46.3 Å². The topological polar surface area (TPSA) is 38.3 Å². The lowest BCUT2D eigenvalue weighted by Crippen LogP contribution is -2.51. The Morgan fingerprint density at radius 1 is 0.973 bits per heavy atom. The van der Waals surface area contributed by atoms with E-state index in [2.05, 4.69) is 46.0 Å². The number of carbonyl (C=O) groups is 1. The SMILES string of the molecule is CC(C)CCC[C@@H](C)[C@@H]1CC[C@@H]2[C@H]3CC=C4C[C@@H](OC(=O)NC5CCCCC5)CC[C@]4(C)[C@@H]3CC[C@]21C. The van der Waals surface area contributed by atoms with Crippen molar-refractivity contribution < 1.29 is 9.53 Å². The number of ether oxygens (including phenoxy) is 1. The average Bonchev–Trinajstić information content (AvgIpc) is 3.22. The summed E-state index contributed by atoms with van der Waals surface area (Å²) in [5, 5.41) is 3.17. The zero-order valence-corrected chi connectivity index (χ0v) is 24.8. The van der Waals surface area contributed by atoms with Crippen LogP contribution in [0.3, 0.4) is 0 Å².